The van der Waals surface area contributed by atoms with E-state index in [-0.39, 0.29) is 18.0 Å². The minimum Gasteiger partial charge on any atom is -0.398 e. The van der Waals surface area contributed by atoms with Crippen LogP contribution < -0.4 is 11.3 Å². The van der Waals surface area contributed by atoms with Crippen LogP contribution >= 0.6 is 0 Å². The first kappa shape index (κ1) is 12.7. The molecule has 0 radical (unpaired) electrons. The molecule has 1 amide bonds. The fourth-order valence-corrected chi connectivity index (χ4v) is 2.31. The van der Waals surface area contributed by atoms with Crippen LogP contribution in [0.2, 0.25) is 0 Å². The van der Waals surface area contributed by atoms with Gasteiger partial charge in [0, 0.05) is 31.0 Å². The number of hydrogen-bond donors (Lipinski definition) is 1. The van der Waals surface area contributed by atoms with Gasteiger partial charge < -0.3 is 15.2 Å². The molecule has 1 atom stereocenters. The molecular formula is C13H19N3O2. The summed E-state index contributed by atoms with van der Waals surface area (Å²) in [6.07, 6.45) is 3.68. The summed E-state index contributed by atoms with van der Waals surface area (Å²) in [6.45, 7) is 3.84. The van der Waals surface area contributed by atoms with Crippen LogP contribution in [0.15, 0.2) is 23.1 Å². The highest BCUT2D eigenvalue weighted by Crippen LogP contribution is 2.19. The van der Waals surface area contributed by atoms with Crippen LogP contribution in [-0.4, -0.2) is 28.5 Å². The van der Waals surface area contributed by atoms with E-state index < -0.39 is 0 Å². The molecule has 5 heteroatoms. The highest BCUT2D eigenvalue weighted by molar-refractivity contribution is 5.76. The summed E-state index contributed by atoms with van der Waals surface area (Å²) >= 11 is 0. The lowest BCUT2D eigenvalue weighted by molar-refractivity contribution is -0.130. The van der Waals surface area contributed by atoms with E-state index in [1.165, 1.54) is 16.8 Å². The number of nitrogens with two attached hydrogens (primary N) is 1. The summed E-state index contributed by atoms with van der Waals surface area (Å²) in [7, 11) is 0. The molecule has 1 unspecified atom stereocenters. The molecule has 0 bridgehead atoms. The van der Waals surface area contributed by atoms with Crippen molar-refractivity contribution in [1.82, 2.24) is 9.47 Å². The lowest BCUT2D eigenvalue weighted by Gasteiger charge is -2.17. The lowest BCUT2D eigenvalue weighted by atomic mass is 10.1. The maximum absolute atomic E-state index is 12.1. The zero-order valence-corrected chi connectivity index (χ0v) is 10.6. The van der Waals surface area contributed by atoms with Gasteiger partial charge in [0.2, 0.25) is 5.91 Å². The second-order valence-electron chi connectivity index (χ2n) is 4.83. The Bertz CT molecular complexity index is 495. The van der Waals surface area contributed by atoms with Crippen molar-refractivity contribution in [3.8, 4) is 0 Å². The Labute approximate surface area is 106 Å². The van der Waals surface area contributed by atoms with Crippen LogP contribution in [0.25, 0.3) is 0 Å². The number of nitrogens with zero attached hydrogens (tertiary/aromatic N) is 2. The first-order valence-corrected chi connectivity index (χ1v) is 6.34. The number of likely N-dealkylation sites (tertiary alicyclic amines) is 1. The number of hydrogen-bond acceptors (Lipinski definition) is 3. The van der Waals surface area contributed by atoms with Gasteiger partial charge in [-0.05, 0) is 18.4 Å². The van der Waals surface area contributed by atoms with Crippen LogP contribution in [0.4, 0.5) is 5.69 Å². The Hall–Kier alpha value is -1.78. The maximum atomic E-state index is 12.1. The lowest BCUT2D eigenvalue weighted by Crippen LogP contribution is -2.34. The first-order chi connectivity index (χ1) is 8.60. The number of amides is 1. The fraction of sp³-hybridized carbons (Fsp3) is 0.538. The molecule has 18 heavy (non-hydrogen) atoms. The number of carbonyl (C=O) groups excluding carboxylic acids is 1. The molecule has 0 aliphatic carbocycles. The monoisotopic (exact) mass is 249 g/mol. The largest absolute Gasteiger partial charge is 0.398 e. The van der Waals surface area contributed by atoms with Gasteiger partial charge >= 0.3 is 0 Å². The molecule has 98 valence electrons. The van der Waals surface area contributed by atoms with Crippen LogP contribution in [0.5, 0.6) is 0 Å². The molecule has 2 rings (SSSR count). The van der Waals surface area contributed by atoms with Gasteiger partial charge in [0.1, 0.15) is 6.54 Å². The van der Waals surface area contributed by atoms with Crippen molar-refractivity contribution in [3.05, 3.63) is 28.7 Å². The van der Waals surface area contributed by atoms with Gasteiger partial charge in [-0.2, -0.15) is 0 Å². The number of anilines is 1. The molecule has 1 aliphatic heterocycles. The molecule has 1 aromatic heterocycles. The summed E-state index contributed by atoms with van der Waals surface area (Å²) in [5, 5.41) is 0. The van der Waals surface area contributed by atoms with E-state index in [0.717, 1.165) is 25.9 Å². The standard InChI is InChI=1S/C13H19N3O2/c1-2-10-5-6-15(7-10)13(18)9-16-8-11(14)3-4-12(16)17/h3-4,8,10H,2,5-7,9,14H2,1H3. The summed E-state index contributed by atoms with van der Waals surface area (Å²) in [5.41, 5.74) is 5.92. The summed E-state index contributed by atoms with van der Waals surface area (Å²) in [4.78, 5) is 25.5. The van der Waals surface area contributed by atoms with Crippen LogP contribution in [0, 0.1) is 5.92 Å². The van der Waals surface area contributed by atoms with Crippen molar-refractivity contribution in [3.63, 3.8) is 0 Å². The second kappa shape index (κ2) is 5.25. The molecule has 2 heterocycles. The zero-order chi connectivity index (χ0) is 13.1. The van der Waals surface area contributed by atoms with Crippen molar-refractivity contribution in [2.45, 2.75) is 26.3 Å². The number of carbonyl (C=O) groups is 1. The van der Waals surface area contributed by atoms with Crippen molar-refractivity contribution in [2.75, 3.05) is 18.8 Å². The van der Waals surface area contributed by atoms with Gasteiger partial charge in [-0.25, -0.2) is 0 Å². The van der Waals surface area contributed by atoms with Gasteiger partial charge in [-0.3, -0.25) is 9.59 Å². The third kappa shape index (κ3) is 2.72. The SMILES string of the molecule is CCC1CCN(C(=O)Cn2cc(N)ccc2=O)C1. The molecule has 1 fully saturated rings. The molecule has 1 saturated heterocycles. The average Bonchev–Trinajstić information content (AvgIpc) is 2.82. The van der Waals surface area contributed by atoms with E-state index in [9.17, 15) is 9.59 Å². The highest BCUT2D eigenvalue weighted by atomic mass is 16.2. The quantitative estimate of drug-likeness (QED) is 0.857. The average molecular weight is 249 g/mol. The van der Waals surface area contributed by atoms with Gasteiger partial charge in [0.05, 0.1) is 0 Å². The molecular weight excluding hydrogens is 230 g/mol. The van der Waals surface area contributed by atoms with E-state index in [2.05, 4.69) is 6.92 Å². The van der Waals surface area contributed by atoms with E-state index in [4.69, 9.17) is 5.73 Å². The maximum Gasteiger partial charge on any atom is 0.251 e. The van der Waals surface area contributed by atoms with Crippen molar-refractivity contribution >= 4 is 11.6 Å². The molecule has 1 aliphatic rings. The van der Waals surface area contributed by atoms with Crippen molar-refractivity contribution in [2.24, 2.45) is 5.92 Å². The molecule has 0 saturated carbocycles. The van der Waals surface area contributed by atoms with Gasteiger partial charge in [-0.15, -0.1) is 0 Å². The van der Waals surface area contributed by atoms with Crippen LogP contribution in [-0.2, 0) is 11.3 Å². The summed E-state index contributed by atoms with van der Waals surface area (Å²) < 4.78 is 1.37. The van der Waals surface area contributed by atoms with Crippen LogP contribution in [0.3, 0.4) is 0 Å². The predicted octanol–water partition coefficient (Wildman–Crippen LogP) is 0.689. The molecule has 0 spiro atoms. The predicted molar refractivity (Wildman–Crippen MR) is 70.1 cm³/mol. The number of pyridine rings is 1. The molecule has 5 nitrogen and oxygen atoms in total. The fourth-order valence-electron chi connectivity index (χ4n) is 2.31. The minimum atomic E-state index is -0.191. The second-order valence-corrected chi connectivity index (χ2v) is 4.83. The molecule has 1 aromatic rings. The Morgan fingerprint density at radius 2 is 2.28 bits per heavy atom. The zero-order valence-electron chi connectivity index (χ0n) is 10.6. The topological polar surface area (TPSA) is 68.3 Å². The Balaban J connectivity index is 2.03. The van der Waals surface area contributed by atoms with Crippen molar-refractivity contribution in [1.29, 1.82) is 0 Å². The van der Waals surface area contributed by atoms with Crippen LogP contribution in [0.1, 0.15) is 19.8 Å². The molecule has 0 aromatic carbocycles. The Morgan fingerprint density at radius 1 is 1.50 bits per heavy atom. The number of rotatable bonds is 3. The Morgan fingerprint density at radius 3 is 2.94 bits per heavy atom. The highest BCUT2D eigenvalue weighted by Gasteiger charge is 2.24. The van der Waals surface area contributed by atoms with E-state index >= 15 is 0 Å². The summed E-state index contributed by atoms with van der Waals surface area (Å²) in [5.74, 6) is 0.602. The van der Waals surface area contributed by atoms with Crippen molar-refractivity contribution < 1.29 is 4.79 Å². The van der Waals surface area contributed by atoms with Gasteiger partial charge in [-0.1, -0.05) is 13.3 Å². The van der Waals surface area contributed by atoms with E-state index in [1.807, 2.05) is 4.90 Å². The van der Waals surface area contributed by atoms with Gasteiger partial charge in [0.25, 0.3) is 5.56 Å². The Kier molecular flexibility index (Phi) is 3.69. The van der Waals surface area contributed by atoms with E-state index in [1.54, 1.807) is 6.07 Å². The van der Waals surface area contributed by atoms with E-state index in [0.29, 0.717) is 11.6 Å². The normalized spacial score (nSPS) is 19.2. The van der Waals surface area contributed by atoms with Gasteiger partial charge in [0.15, 0.2) is 0 Å². The number of aromatic nitrogens is 1. The third-order valence-electron chi connectivity index (χ3n) is 3.53. The summed E-state index contributed by atoms with van der Waals surface area (Å²) in [6, 6.07) is 2.94. The molecule has 2 N–H and O–H groups in total. The minimum absolute atomic E-state index is 0.00125. The third-order valence-corrected chi connectivity index (χ3v) is 3.53. The smallest absolute Gasteiger partial charge is 0.251 e. The first-order valence-electron chi connectivity index (χ1n) is 6.34. The number of nitrogen functional groups attached to an aromatic ring is 1.